The largest absolute Gasteiger partial charge is 0.481 e. The molecule has 0 bridgehead atoms. The van der Waals surface area contributed by atoms with Crippen molar-refractivity contribution in [3.8, 4) is 11.8 Å². The molecule has 5 fully saturated rings. The van der Waals surface area contributed by atoms with Crippen LogP contribution in [0, 0.1) is 73.9 Å². The molecular formula is C46H68O8. The maximum Gasteiger partial charge on any atom is 0.335 e. The molecule has 0 spiro atoms. The average Bonchev–Trinajstić information content (AvgIpc) is 3.48. The molecule has 6 rings (SSSR count). The fourth-order valence-electron chi connectivity index (χ4n) is 14.2. The lowest BCUT2D eigenvalue weighted by Crippen LogP contribution is -2.66. The number of carbonyl (C=O) groups excluding carboxylic acids is 1. The number of fused-ring (bicyclic) bond motifs is 7. The summed E-state index contributed by atoms with van der Waals surface area (Å²) in [6.45, 7) is 22.3. The Labute approximate surface area is 324 Å². The second-order valence-electron chi connectivity index (χ2n) is 20.5. The maximum absolute atomic E-state index is 13.1. The van der Waals surface area contributed by atoms with Gasteiger partial charge in [-0.2, -0.15) is 0 Å². The van der Waals surface area contributed by atoms with Crippen molar-refractivity contribution in [2.75, 3.05) is 14.2 Å². The molecule has 0 amide bonds. The normalized spacial score (nSPS) is 42.6. The number of esters is 1. The minimum Gasteiger partial charge on any atom is -0.481 e. The van der Waals surface area contributed by atoms with E-state index in [-0.39, 0.29) is 51.3 Å². The van der Waals surface area contributed by atoms with Crippen molar-refractivity contribution in [3.63, 3.8) is 0 Å². The zero-order valence-electron chi connectivity index (χ0n) is 34.9. The van der Waals surface area contributed by atoms with Crippen molar-refractivity contribution < 1.29 is 38.8 Å². The van der Waals surface area contributed by atoms with Crippen LogP contribution in [0.1, 0.15) is 139 Å². The van der Waals surface area contributed by atoms with Gasteiger partial charge in [-0.25, -0.2) is 4.79 Å². The van der Waals surface area contributed by atoms with Crippen LogP contribution in [0.25, 0.3) is 0 Å². The zero-order valence-corrected chi connectivity index (χ0v) is 34.9. The summed E-state index contributed by atoms with van der Waals surface area (Å²) in [5.41, 5.74) is 0.998. The number of methoxy groups -OCH3 is 2. The molecule has 0 aliphatic heterocycles. The molecule has 12 atom stereocenters. The van der Waals surface area contributed by atoms with E-state index in [1.165, 1.54) is 12.0 Å². The van der Waals surface area contributed by atoms with E-state index < -0.39 is 29.4 Å². The van der Waals surface area contributed by atoms with Gasteiger partial charge in [-0.15, -0.1) is 0 Å². The Bertz CT molecular complexity index is 1640. The Morgan fingerprint density at radius 3 is 2.17 bits per heavy atom. The zero-order chi connectivity index (χ0) is 39.8. The number of aliphatic carboxylic acids is 2. The van der Waals surface area contributed by atoms with E-state index in [0.29, 0.717) is 48.0 Å². The summed E-state index contributed by atoms with van der Waals surface area (Å²) < 4.78 is 17.5. The van der Waals surface area contributed by atoms with Crippen LogP contribution in [0.2, 0.25) is 0 Å². The van der Waals surface area contributed by atoms with E-state index in [1.54, 1.807) is 28.1 Å². The first-order valence-corrected chi connectivity index (χ1v) is 20.8. The second kappa shape index (κ2) is 14.1. The van der Waals surface area contributed by atoms with Crippen LogP contribution in [0.3, 0.4) is 0 Å². The first-order chi connectivity index (χ1) is 25.1. The minimum absolute atomic E-state index is 0.101. The fourth-order valence-corrected chi connectivity index (χ4v) is 14.2. The van der Waals surface area contributed by atoms with E-state index in [2.05, 4.69) is 60.0 Å². The molecule has 2 N–H and O–H groups in total. The minimum atomic E-state index is -1.16. The number of carbonyl (C=O) groups is 3. The average molecular weight is 749 g/mol. The van der Waals surface area contributed by atoms with Gasteiger partial charge in [-0.1, -0.05) is 58.6 Å². The number of hydrogen-bond acceptors (Lipinski definition) is 6. The summed E-state index contributed by atoms with van der Waals surface area (Å²) in [7, 11) is 3.17. The first kappa shape index (κ1) is 41.0. The Morgan fingerprint density at radius 1 is 0.852 bits per heavy atom. The standard InChI is InChI=1S/C46H68O8/c1-27(2)29-17-23-46(22-16-28-12-14-31(52-10)38(53-11)36(28)39(48)49)25-24-44(8)30(37(29)46)13-15-33-43(7)20-19-34(54-35(47)26-41(3,4)40(50)51)42(5,6)32(43)18-21-45(33,44)9/h29-34,37-38H,1,12-15,17-21,23-26H2,2-11H3,(H,48,49)(H,50,51)/t29-,30?,31?,32?,33?,34-,37?,38?,43-,44+,45+,46+/m0/s1. The van der Waals surface area contributed by atoms with Gasteiger partial charge in [-0.3, -0.25) is 9.59 Å². The molecule has 0 radical (unpaired) electrons. The van der Waals surface area contributed by atoms with Crippen LogP contribution < -0.4 is 0 Å². The molecule has 0 aromatic rings. The monoisotopic (exact) mass is 748 g/mol. The molecule has 300 valence electrons. The third-order valence-corrected chi connectivity index (χ3v) is 17.3. The van der Waals surface area contributed by atoms with Gasteiger partial charge >= 0.3 is 17.9 Å². The third kappa shape index (κ3) is 6.21. The highest BCUT2D eigenvalue weighted by Crippen LogP contribution is 2.77. The lowest BCUT2D eigenvalue weighted by Gasteiger charge is -2.72. The highest BCUT2D eigenvalue weighted by atomic mass is 16.5. The molecule has 5 saturated carbocycles. The van der Waals surface area contributed by atoms with Crippen LogP contribution in [-0.2, 0) is 28.6 Å². The Morgan fingerprint density at radius 2 is 1.56 bits per heavy atom. The summed E-state index contributed by atoms with van der Waals surface area (Å²) >= 11 is 0. The van der Waals surface area contributed by atoms with Crippen molar-refractivity contribution in [1.29, 1.82) is 0 Å². The number of rotatable bonds is 8. The van der Waals surface area contributed by atoms with Gasteiger partial charge in [0.05, 0.1) is 23.5 Å². The van der Waals surface area contributed by atoms with Crippen molar-refractivity contribution in [3.05, 3.63) is 23.3 Å². The number of carboxylic acid groups (broad SMARTS) is 2. The predicted octanol–water partition coefficient (Wildman–Crippen LogP) is 9.27. The molecule has 0 aromatic carbocycles. The topological polar surface area (TPSA) is 119 Å². The van der Waals surface area contributed by atoms with Gasteiger partial charge in [0.2, 0.25) is 0 Å². The number of allylic oxidation sites excluding steroid dienone is 2. The summed E-state index contributed by atoms with van der Waals surface area (Å²) in [5, 5.41) is 19.9. The third-order valence-electron chi connectivity index (χ3n) is 17.3. The Kier molecular flexibility index (Phi) is 10.7. The van der Waals surface area contributed by atoms with Crippen LogP contribution in [0.15, 0.2) is 23.3 Å². The van der Waals surface area contributed by atoms with Crippen LogP contribution in [0.5, 0.6) is 0 Å². The molecular weight excluding hydrogens is 680 g/mol. The Balaban J connectivity index is 1.30. The molecule has 0 heterocycles. The number of hydrogen-bond donors (Lipinski definition) is 2. The number of ether oxygens (including phenoxy) is 3. The number of carboxylic acids is 2. The Hall–Kier alpha value is -2.63. The van der Waals surface area contributed by atoms with Crippen molar-refractivity contribution in [1.82, 2.24) is 0 Å². The van der Waals surface area contributed by atoms with Crippen LogP contribution >= 0.6 is 0 Å². The predicted molar refractivity (Wildman–Crippen MR) is 208 cm³/mol. The first-order valence-electron chi connectivity index (χ1n) is 20.8. The van der Waals surface area contributed by atoms with Crippen molar-refractivity contribution in [2.45, 2.75) is 157 Å². The lowest BCUT2D eigenvalue weighted by atomic mass is 9.32. The van der Waals surface area contributed by atoms with Gasteiger partial charge in [0.25, 0.3) is 0 Å². The molecule has 6 unspecified atom stereocenters. The molecule has 8 nitrogen and oxygen atoms in total. The van der Waals surface area contributed by atoms with Gasteiger partial charge < -0.3 is 24.4 Å². The molecule has 0 saturated heterocycles. The van der Waals surface area contributed by atoms with E-state index >= 15 is 0 Å². The van der Waals surface area contributed by atoms with Crippen LogP contribution in [-0.4, -0.2) is 60.7 Å². The summed E-state index contributed by atoms with van der Waals surface area (Å²) in [5.74, 6) is 7.25. The molecule has 54 heavy (non-hydrogen) atoms. The highest BCUT2D eigenvalue weighted by Gasteiger charge is 2.71. The molecule has 0 aromatic heterocycles. The van der Waals surface area contributed by atoms with Crippen molar-refractivity contribution in [2.24, 2.45) is 62.1 Å². The van der Waals surface area contributed by atoms with E-state index in [1.807, 2.05) is 0 Å². The van der Waals surface area contributed by atoms with E-state index in [4.69, 9.17) is 14.2 Å². The fraction of sp³-hybridized carbons (Fsp3) is 0.804. The second-order valence-corrected chi connectivity index (χ2v) is 20.5. The summed E-state index contributed by atoms with van der Waals surface area (Å²) in [4.78, 5) is 37.5. The van der Waals surface area contributed by atoms with Gasteiger partial charge in [0.1, 0.15) is 12.2 Å². The van der Waals surface area contributed by atoms with Gasteiger partial charge in [0.15, 0.2) is 0 Å². The quantitative estimate of drug-likeness (QED) is 0.143. The SMILES string of the molecule is C=C(C)[C@@H]1CC[C@]2(C#CC3=C(C(=O)O)C(OC)C(OC)CC3)CC[C@]3(C)C(CCC4[C@@]5(C)CC[C@H](OC(=O)CC(C)(C)C(=O)O)C(C)(C)C5CC[C@]43C)C12. The molecule has 6 aliphatic rings. The van der Waals surface area contributed by atoms with E-state index in [0.717, 1.165) is 57.8 Å². The molecule has 8 heteroatoms. The summed E-state index contributed by atoms with van der Waals surface area (Å²) in [6, 6.07) is 0. The van der Waals surface area contributed by atoms with Crippen molar-refractivity contribution >= 4 is 17.9 Å². The lowest BCUT2D eigenvalue weighted by molar-refractivity contribution is -0.247. The highest BCUT2D eigenvalue weighted by molar-refractivity contribution is 5.90. The summed E-state index contributed by atoms with van der Waals surface area (Å²) in [6.07, 6.45) is 10.6. The van der Waals surface area contributed by atoms with Gasteiger partial charge in [0, 0.05) is 30.6 Å². The van der Waals surface area contributed by atoms with Crippen LogP contribution in [0.4, 0.5) is 0 Å². The van der Waals surface area contributed by atoms with Gasteiger partial charge in [-0.05, 0) is 144 Å². The maximum atomic E-state index is 13.1. The van der Waals surface area contributed by atoms with E-state index in [9.17, 15) is 24.6 Å². The molecule has 6 aliphatic carbocycles. The smallest absolute Gasteiger partial charge is 0.335 e.